The lowest BCUT2D eigenvalue weighted by Crippen LogP contribution is -2.32. The van der Waals surface area contributed by atoms with Gasteiger partial charge in [0.05, 0.1) is 5.52 Å². The van der Waals surface area contributed by atoms with Crippen molar-refractivity contribution in [3.63, 3.8) is 0 Å². The first kappa shape index (κ1) is 14.7. The molecule has 0 aromatic carbocycles. The van der Waals surface area contributed by atoms with E-state index in [2.05, 4.69) is 19.9 Å². The van der Waals surface area contributed by atoms with Crippen LogP contribution in [0.5, 0.6) is 0 Å². The largest absolute Gasteiger partial charge is 0.433 e. The Balaban J connectivity index is 1.69. The van der Waals surface area contributed by atoms with Crippen LogP contribution in [0.25, 0.3) is 11.2 Å². The van der Waals surface area contributed by atoms with E-state index in [-0.39, 0.29) is 11.5 Å². The first-order chi connectivity index (χ1) is 11.4. The number of aromatic nitrogens is 4. The van der Waals surface area contributed by atoms with E-state index in [4.69, 9.17) is 0 Å². The number of halogens is 3. The molecule has 4 rings (SSSR count). The number of fused-ring (bicyclic) bond motifs is 2. The van der Waals surface area contributed by atoms with Crippen molar-refractivity contribution in [2.45, 2.75) is 19.1 Å². The third-order valence-electron chi connectivity index (χ3n) is 4.00. The molecule has 0 spiro atoms. The van der Waals surface area contributed by atoms with E-state index >= 15 is 0 Å². The van der Waals surface area contributed by atoms with Gasteiger partial charge in [0, 0.05) is 25.2 Å². The Morgan fingerprint density at radius 3 is 2.79 bits per heavy atom. The summed E-state index contributed by atoms with van der Waals surface area (Å²) in [5.41, 5.74) is 1.52. The average Bonchev–Trinajstić information content (AvgIpc) is 2.90. The van der Waals surface area contributed by atoms with E-state index in [9.17, 15) is 18.0 Å². The second-order valence-electron chi connectivity index (χ2n) is 5.62. The minimum Gasteiger partial charge on any atom is -0.352 e. The summed E-state index contributed by atoms with van der Waals surface area (Å²) < 4.78 is 38.5. The van der Waals surface area contributed by atoms with Crippen molar-refractivity contribution in [3.05, 3.63) is 51.7 Å². The molecule has 4 heterocycles. The van der Waals surface area contributed by atoms with Gasteiger partial charge < -0.3 is 9.88 Å². The van der Waals surface area contributed by atoms with Gasteiger partial charge in [-0.1, -0.05) is 6.07 Å². The van der Waals surface area contributed by atoms with Crippen LogP contribution < -0.4 is 10.6 Å². The molecule has 0 saturated carbocycles. The van der Waals surface area contributed by atoms with Crippen LogP contribution >= 0.6 is 0 Å². The molecule has 1 aliphatic heterocycles. The molecule has 0 bridgehead atoms. The van der Waals surface area contributed by atoms with Gasteiger partial charge in [0.1, 0.15) is 11.5 Å². The topological polar surface area (TPSA) is 77.7 Å². The number of nitrogens with zero attached hydrogens (tertiary/aromatic N) is 3. The van der Waals surface area contributed by atoms with Crippen LogP contribution in [-0.2, 0) is 19.1 Å². The maximum atomic E-state index is 12.8. The first-order valence-electron chi connectivity index (χ1n) is 7.30. The molecular formula is C15H12F3N5O. The highest BCUT2D eigenvalue weighted by Crippen LogP contribution is 2.30. The number of hydrogen-bond donors (Lipinski definition) is 2. The van der Waals surface area contributed by atoms with Crippen molar-refractivity contribution in [2.75, 3.05) is 11.4 Å². The van der Waals surface area contributed by atoms with Gasteiger partial charge in [-0.05, 0) is 23.8 Å². The monoisotopic (exact) mass is 335 g/mol. The second-order valence-corrected chi connectivity index (χ2v) is 5.62. The standard InChI is InChI=1S/C15H12F3N5O/c16-15(17,18)11-2-1-3-12(21-11)23-5-4-9-8(7-23)6-10-13(19-9)22-14(24)20-10/h1-3,6H,4-5,7H2,(H2,19,20,22,24). The molecule has 0 saturated heterocycles. The Bertz CT molecular complexity index is 975. The third-order valence-corrected chi connectivity index (χ3v) is 4.00. The Morgan fingerprint density at radius 2 is 2.00 bits per heavy atom. The lowest BCUT2D eigenvalue weighted by atomic mass is 10.1. The van der Waals surface area contributed by atoms with E-state index in [0.717, 1.165) is 17.3 Å². The van der Waals surface area contributed by atoms with Crippen LogP contribution in [0.1, 0.15) is 17.0 Å². The number of nitrogens with one attached hydrogen (secondary N) is 2. The van der Waals surface area contributed by atoms with Crippen LogP contribution in [0.15, 0.2) is 29.1 Å². The summed E-state index contributed by atoms with van der Waals surface area (Å²) in [5.74, 6) is 0.276. The van der Waals surface area contributed by atoms with Crippen LogP contribution in [-0.4, -0.2) is 26.5 Å². The van der Waals surface area contributed by atoms with Gasteiger partial charge in [-0.15, -0.1) is 0 Å². The van der Waals surface area contributed by atoms with Crippen molar-refractivity contribution in [2.24, 2.45) is 0 Å². The van der Waals surface area contributed by atoms with Gasteiger partial charge >= 0.3 is 11.9 Å². The smallest absolute Gasteiger partial charge is 0.352 e. The van der Waals surface area contributed by atoms with Gasteiger partial charge in [0.2, 0.25) is 0 Å². The summed E-state index contributed by atoms with van der Waals surface area (Å²) in [6.07, 6.45) is -3.90. The lowest BCUT2D eigenvalue weighted by Gasteiger charge is -2.29. The number of aromatic amines is 2. The van der Waals surface area contributed by atoms with E-state index in [1.54, 1.807) is 17.0 Å². The fourth-order valence-electron chi connectivity index (χ4n) is 2.88. The maximum absolute atomic E-state index is 12.8. The summed E-state index contributed by atoms with van der Waals surface area (Å²) in [6, 6.07) is 5.67. The van der Waals surface area contributed by atoms with Crippen LogP contribution in [0, 0.1) is 0 Å². The molecular weight excluding hydrogens is 323 g/mol. The molecule has 0 atom stereocenters. The SMILES string of the molecule is O=c1[nH]c2cc3c(nc2[nH]1)CCN(c1cccc(C(F)(F)F)n1)C3. The molecule has 124 valence electrons. The first-order valence-corrected chi connectivity index (χ1v) is 7.30. The zero-order valence-corrected chi connectivity index (χ0v) is 12.3. The maximum Gasteiger partial charge on any atom is 0.433 e. The fraction of sp³-hybridized carbons (Fsp3) is 0.267. The predicted octanol–water partition coefficient (Wildman–Crippen LogP) is 2.23. The van der Waals surface area contributed by atoms with Crippen LogP contribution in [0.4, 0.5) is 19.0 Å². The van der Waals surface area contributed by atoms with E-state index in [0.29, 0.717) is 30.7 Å². The van der Waals surface area contributed by atoms with Crippen molar-refractivity contribution < 1.29 is 13.2 Å². The Hall–Kier alpha value is -2.84. The van der Waals surface area contributed by atoms with Crippen molar-refractivity contribution in [3.8, 4) is 0 Å². The number of alkyl halides is 3. The molecule has 6 nitrogen and oxygen atoms in total. The molecule has 1 aliphatic rings. The number of H-pyrrole nitrogens is 2. The highest BCUT2D eigenvalue weighted by molar-refractivity contribution is 5.71. The highest BCUT2D eigenvalue weighted by Gasteiger charge is 2.33. The highest BCUT2D eigenvalue weighted by atomic mass is 19.4. The van der Waals surface area contributed by atoms with E-state index in [1.807, 2.05) is 0 Å². The zero-order chi connectivity index (χ0) is 16.9. The Morgan fingerprint density at radius 1 is 1.17 bits per heavy atom. The molecule has 9 heteroatoms. The Kier molecular flexibility index (Phi) is 3.12. The molecule has 0 aliphatic carbocycles. The van der Waals surface area contributed by atoms with Crippen molar-refractivity contribution >= 4 is 17.0 Å². The summed E-state index contributed by atoms with van der Waals surface area (Å²) in [4.78, 5) is 26.5. The van der Waals surface area contributed by atoms with Gasteiger partial charge in [0.25, 0.3) is 0 Å². The normalized spacial score (nSPS) is 14.9. The molecule has 0 amide bonds. The molecule has 3 aromatic heterocycles. The van der Waals surface area contributed by atoms with Gasteiger partial charge in [-0.3, -0.25) is 4.98 Å². The number of imidazole rings is 1. The van der Waals surface area contributed by atoms with Gasteiger partial charge in [0.15, 0.2) is 5.65 Å². The number of rotatable bonds is 1. The molecule has 3 aromatic rings. The molecule has 0 radical (unpaired) electrons. The number of hydrogen-bond acceptors (Lipinski definition) is 4. The Labute approximate surface area is 133 Å². The second kappa shape index (κ2) is 5.08. The summed E-state index contributed by atoms with van der Waals surface area (Å²) in [6.45, 7) is 0.897. The predicted molar refractivity (Wildman–Crippen MR) is 80.7 cm³/mol. The van der Waals surface area contributed by atoms with Crippen molar-refractivity contribution in [1.82, 2.24) is 19.9 Å². The average molecular weight is 335 g/mol. The number of anilines is 1. The lowest BCUT2D eigenvalue weighted by molar-refractivity contribution is -0.141. The van der Waals surface area contributed by atoms with E-state index < -0.39 is 11.9 Å². The summed E-state index contributed by atoms with van der Waals surface area (Å²) in [7, 11) is 0. The molecule has 2 N–H and O–H groups in total. The molecule has 24 heavy (non-hydrogen) atoms. The minimum atomic E-state index is -4.47. The van der Waals surface area contributed by atoms with Gasteiger partial charge in [-0.2, -0.15) is 13.2 Å². The summed E-state index contributed by atoms with van der Waals surface area (Å²) in [5, 5.41) is 0. The third kappa shape index (κ3) is 2.51. The quantitative estimate of drug-likeness (QED) is 0.715. The molecule has 0 fully saturated rings. The van der Waals surface area contributed by atoms with Crippen molar-refractivity contribution in [1.29, 1.82) is 0 Å². The van der Waals surface area contributed by atoms with Crippen LogP contribution in [0.3, 0.4) is 0 Å². The summed E-state index contributed by atoms with van der Waals surface area (Å²) >= 11 is 0. The minimum absolute atomic E-state index is 0.276. The zero-order valence-electron chi connectivity index (χ0n) is 12.3. The number of pyridine rings is 2. The van der Waals surface area contributed by atoms with Crippen LogP contribution in [0.2, 0.25) is 0 Å². The van der Waals surface area contributed by atoms with E-state index in [1.165, 1.54) is 6.07 Å². The van der Waals surface area contributed by atoms with Gasteiger partial charge in [-0.25, -0.2) is 14.8 Å². The fourth-order valence-corrected chi connectivity index (χ4v) is 2.88. The molecule has 0 unspecified atom stereocenters.